The fourth-order valence-electron chi connectivity index (χ4n) is 1.92. The average Bonchev–Trinajstić information content (AvgIpc) is 2.83. The quantitative estimate of drug-likeness (QED) is 0.691. The van der Waals surface area contributed by atoms with Gasteiger partial charge < -0.3 is 15.0 Å². The predicted octanol–water partition coefficient (Wildman–Crippen LogP) is 1.01. The molecule has 2 N–H and O–H groups in total. The minimum Gasteiger partial charge on any atom is -0.380 e. The molecule has 0 saturated carbocycles. The Morgan fingerprint density at radius 2 is 2.10 bits per heavy atom. The van der Waals surface area contributed by atoms with Crippen LogP contribution >= 0.6 is 0 Å². The summed E-state index contributed by atoms with van der Waals surface area (Å²) in [4.78, 5) is 0.297. The van der Waals surface area contributed by atoms with Gasteiger partial charge in [-0.25, -0.2) is 8.42 Å². The Morgan fingerprint density at radius 1 is 1.40 bits per heavy atom. The molecule has 0 aliphatic rings. The fourth-order valence-corrected chi connectivity index (χ4v) is 3.14. The monoisotopic (exact) mass is 303 g/mol. The van der Waals surface area contributed by atoms with Gasteiger partial charge in [-0.05, 0) is 19.4 Å². The first-order valence-corrected chi connectivity index (χ1v) is 8.34. The lowest BCUT2D eigenvalue weighted by molar-refractivity contribution is 0.138. The van der Waals surface area contributed by atoms with Crippen molar-refractivity contribution in [1.29, 1.82) is 0 Å². The summed E-state index contributed by atoms with van der Waals surface area (Å²) in [6.07, 6.45) is 2.60. The zero-order chi connectivity index (χ0) is 15.2. The molecule has 0 radical (unpaired) electrons. The van der Waals surface area contributed by atoms with Crippen molar-refractivity contribution in [3.8, 4) is 0 Å². The summed E-state index contributed by atoms with van der Waals surface area (Å²) in [6.45, 7) is 6.34. The number of likely N-dealkylation sites (N-methyl/N-ethyl adjacent to an activating group) is 1. The molecule has 116 valence electrons. The third kappa shape index (κ3) is 4.05. The third-order valence-electron chi connectivity index (χ3n) is 3.10. The van der Waals surface area contributed by atoms with Crippen LogP contribution in [0.3, 0.4) is 0 Å². The van der Waals surface area contributed by atoms with Crippen molar-refractivity contribution in [2.45, 2.75) is 38.3 Å². The molecule has 6 nitrogen and oxygen atoms in total. The molecule has 1 aromatic rings. The van der Waals surface area contributed by atoms with E-state index in [-0.39, 0.29) is 0 Å². The maximum Gasteiger partial charge on any atom is 0.244 e. The van der Waals surface area contributed by atoms with Gasteiger partial charge in [0.15, 0.2) is 0 Å². The molecular formula is C13H25N3O3S. The summed E-state index contributed by atoms with van der Waals surface area (Å²) in [7, 11) is -1.91. The number of hydrogen-bond acceptors (Lipinski definition) is 4. The van der Waals surface area contributed by atoms with E-state index in [4.69, 9.17) is 10.5 Å². The van der Waals surface area contributed by atoms with Crippen LogP contribution in [-0.2, 0) is 27.8 Å². The molecule has 7 heteroatoms. The lowest BCUT2D eigenvalue weighted by Gasteiger charge is -2.15. The Kier molecular flexibility index (Phi) is 6.67. The Labute approximate surface area is 121 Å². The maximum absolute atomic E-state index is 12.4. The van der Waals surface area contributed by atoms with Gasteiger partial charge in [-0.15, -0.1) is 0 Å². The molecule has 0 aliphatic carbocycles. The van der Waals surface area contributed by atoms with E-state index >= 15 is 0 Å². The molecule has 20 heavy (non-hydrogen) atoms. The topological polar surface area (TPSA) is 77.6 Å². The summed E-state index contributed by atoms with van der Waals surface area (Å²) < 4.78 is 33.3. The summed E-state index contributed by atoms with van der Waals surface area (Å²) in [5, 5.41) is 0. The molecule has 1 rings (SSSR count). The van der Waals surface area contributed by atoms with Crippen LogP contribution in [0.5, 0.6) is 0 Å². The second kappa shape index (κ2) is 7.78. The number of aryl methyl sites for hydroxylation is 1. The third-order valence-corrected chi connectivity index (χ3v) is 4.92. The van der Waals surface area contributed by atoms with Gasteiger partial charge in [-0.1, -0.05) is 6.92 Å². The lowest BCUT2D eigenvalue weighted by Crippen LogP contribution is -2.30. The second-order valence-electron chi connectivity index (χ2n) is 4.59. The Balaban J connectivity index is 2.91. The number of hydrogen-bond donors (Lipinski definition) is 1. The molecular weight excluding hydrogens is 278 g/mol. The van der Waals surface area contributed by atoms with Crippen molar-refractivity contribution in [1.82, 2.24) is 8.87 Å². The first-order valence-electron chi connectivity index (χ1n) is 6.90. The van der Waals surface area contributed by atoms with Gasteiger partial charge in [0.05, 0.1) is 6.61 Å². The molecule has 0 aliphatic heterocycles. The fraction of sp³-hybridized carbons (Fsp3) is 0.692. The highest BCUT2D eigenvalue weighted by Crippen LogP contribution is 2.18. The van der Waals surface area contributed by atoms with E-state index in [0.717, 1.165) is 18.7 Å². The highest BCUT2D eigenvalue weighted by atomic mass is 32.2. The van der Waals surface area contributed by atoms with E-state index in [1.54, 1.807) is 19.3 Å². The number of ether oxygens (including phenoxy) is 1. The largest absolute Gasteiger partial charge is 0.380 e. The van der Waals surface area contributed by atoms with E-state index in [1.807, 2.05) is 18.4 Å². The van der Waals surface area contributed by atoms with E-state index in [9.17, 15) is 8.42 Å². The Bertz CT molecular complexity index is 511. The van der Waals surface area contributed by atoms with Crippen molar-refractivity contribution >= 4 is 10.0 Å². The molecule has 0 fully saturated rings. The van der Waals surface area contributed by atoms with Gasteiger partial charge in [-0.2, -0.15) is 4.31 Å². The highest BCUT2D eigenvalue weighted by molar-refractivity contribution is 7.89. The van der Waals surface area contributed by atoms with Gasteiger partial charge in [-0.3, -0.25) is 0 Å². The van der Waals surface area contributed by atoms with Crippen molar-refractivity contribution in [2.75, 3.05) is 26.8 Å². The molecule has 0 amide bonds. The number of nitrogens with two attached hydrogens (primary N) is 1. The van der Waals surface area contributed by atoms with Crippen LogP contribution in [0.2, 0.25) is 0 Å². The molecule has 0 bridgehead atoms. The molecule has 1 aromatic heterocycles. The smallest absolute Gasteiger partial charge is 0.244 e. The predicted molar refractivity (Wildman–Crippen MR) is 78.9 cm³/mol. The zero-order valence-corrected chi connectivity index (χ0v) is 13.3. The number of nitrogens with zero attached hydrogens (tertiary/aromatic N) is 2. The van der Waals surface area contributed by atoms with Gasteiger partial charge in [0.2, 0.25) is 10.0 Å². The van der Waals surface area contributed by atoms with Crippen LogP contribution in [0.25, 0.3) is 0 Å². The van der Waals surface area contributed by atoms with Crippen LogP contribution in [0.4, 0.5) is 0 Å². The molecule has 0 unspecified atom stereocenters. The lowest BCUT2D eigenvalue weighted by atomic mass is 10.4. The number of sulfonamides is 1. The zero-order valence-electron chi connectivity index (χ0n) is 12.5. The minimum absolute atomic E-state index is 0.297. The van der Waals surface area contributed by atoms with Crippen LogP contribution in [0, 0.1) is 0 Å². The van der Waals surface area contributed by atoms with Gasteiger partial charge >= 0.3 is 0 Å². The highest BCUT2D eigenvalue weighted by Gasteiger charge is 2.23. The van der Waals surface area contributed by atoms with Gasteiger partial charge in [0.1, 0.15) is 4.90 Å². The normalized spacial score (nSPS) is 12.2. The summed E-state index contributed by atoms with van der Waals surface area (Å²) in [6, 6.07) is 1.65. The first kappa shape index (κ1) is 17.2. The first-order chi connectivity index (χ1) is 9.47. The molecule has 1 heterocycles. The van der Waals surface area contributed by atoms with Crippen molar-refractivity contribution in [2.24, 2.45) is 5.73 Å². The molecule has 0 spiro atoms. The van der Waals surface area contributed by atoms with E-state index in [0.29, 0.717) is 31.2 Å². The Hall–Kier alpha value is -0.890. The second-order valence-corrected chi connectivity index (χ2v) is 6.63. The van der Waals surface area contributed by atoms with Crippen molar-refractivity contribution < 1.29 is 13.2 Å². The molecule has 0 aromatic carbocycles. The molecule has 0 atom stereocenters. The van der Waals surface area contributed by atoms with Crippen LogP contribution in [0.15, 0.2) is 17.2 Å². The maximum atomic E-state index is 12.4. The minimum atomic E-state index is -3.47. The van der Waals surface area contributed by atoms with E-state index < -0.39 is 10.0 Å². The SMILES string of the molecule is CCCn1cc(S(=O)(=O)N(C)CCOCC)cc1CN. The number of aromatic nitrogens is 1. The van der Waals surface area contributed by atoms with Crippen LogP contribution in [-0.4, -0.2) is 44.1 Å². The number of rotatable bonds is 9. The van der Waals surface area contributed by atoms with E-state index in [1.165, 1.54) is 4.31 Å². The van der Waals surface area contributed by atoms with Crippen LogP contribution in [0.1, 0.15) is 26.0 Å². The summed E-state index contributed by atoms with van der Waals surface area (Å²) in [5.41, 5.74) is 6.50. The summed E-state index contributed by atoms with van der Waals surface area (Å²) in [5.74, 6) is 0. The summed E-state index contributed by atoms with van der Waals surface area (Å²) >= 11 is 0. The molecule has 0 saturated heterocycles. The van der Waals surface area contributed by atoms with Gasteiger partial charge in [0.25, 0.3) is 0 Å². The van der Waals surface area contributed by atoms with E-state index in [2.05, 4.69) is 0 Å². The van der Waals surface area contributed by atoms with Crippen molar-refractivity contribution in [3.05, 3.63) is 18.0 Å². The van der Waals surface area contributed by atoms with Gasteiger partial charge in [0, 0.05) is 45.2 Å². The average molecular weight is 303 g/mol. The van der Waals surface area contributed by atoms with Crippen LogP contribution < -0.4 is 5.73 Å². The van der Waals surface area contributed by atoms with Crippen molar-refractivity contribution in [3.63, 3.8) is 0 Å². The standard InChI is InChI=1S/C13H25N3O3S/c1-4-6-16-11-13(9-12(16)10-14)20(17,18)15(3)7-8-19-5-2/h9,11H,4-8,10,14H2,1-3H3. The Morgan fingerprint density at radius 3 is 2.65 bits per heavy atom.